The second kappa shape index (κ2) is 5.52. The Bertz CT molecular complexity index is 594. The third-order valence-electron chi connectivity index (χ3n) is 2.72. The maximum absolute atomic E-state index is 13.8. The number of benzene rings is 2. The van der Waals surface area contributed by atoms with Crippen molar-refractivity contribution in [2.45, 2.75) is 13.3 Å². The maximum Gasteiger partial charge on any atom is 0.307 e. The highest BCUT2D eigenvalue weighted by Crippen LogP contribution is 2.21. The molecule has 0 fully saturated rings. The minimum atomic E-state index is -0.973. The third-order valence-corrected chi connectivity index (χ3v) is 2.72. The van der Waals surface area contributed by atoms with Crippen molar-refractivity contribution in [2.75, 3.05) is 5.32 Å². The summed E-state index contributed by atoms with van der Waals surface area (Å²) in [7, 11) is 0. The second-order valence-electron chi connectivity index (χ2n) is 4.38. The Hall–Kier alpha value is -2.36. The van der Waals surface area contributed by atoms with Gasteiger partial charge in [-0.15, -0.1) is 0 Å². The fourth-order valence-corrected chi connectivity index (χ4v) is 1.74. The highest BCUT2D eigenvalue weighted by atomic mass is 19.1. The Morgan fingerprint density at radius 1 is 1.21 bits per heavy atom. The Balaban J connectivity index is 2.17. The van der Waals surface area contributed by atoms with E-state index in [0.717, 1.165) is 11.3 Å². The van der Waals surface area contributed by atoms with E-state index in [1.54, 1.807) is 12.1 Å². The first kappa shape index (κ1) is 13.1. The van der Waals surface area contributed by atoms with Gasteiger partial charge in [0.2, 0.25) is 0 Å². The standard InChI is InChI=1S/C15H14FNO2/c1-10-2-5-12(6-3-10)17-14-7-4-11(8-13(14)16)9-15(18)19/h2-8,17H,9H2,1H3,(H,18,19). The smallest absolute Gasteiger partial charge is 0.307 e. The SMILES string of the molecule is Cc1ccc(Nc2ccc(CC(=O)O)cc2F)cc1. The number of hydrogen-bond donors (Lipinski definition) is 2. The number of anilines is 2. The van der Waals surface area contributed by atoms with Crippen LogP contribution in [0, 0.1) is 12.7 Å². The molecule has 0 aromatic heterocycles. The molecule has 0 saturated heterocycles. The normalized spacial score (nSPS) is 10.2. The van der Waals surface area contributed by atoms with E-state index in [2.05, 4.69) is 5.32 Å². The van der Waals surface area contributed by atoms with Crippen LogP contribution in [-0.4, -0.2) is 11.1 Å². The third kappa shape index (κ3) is 3.55. The minimum absolute atomic E-state index is 0.179. The van der Waals surface area contributed by atoms with Gasteiger partial charge in [-0.25, -0.2) is 4.39 Å². The monoisotopic (exact) mass is 259 g/mol. The van der Waals surface area contributed by atoms with Gasteiger partial charge in [0.1, 0.15) is 5.82 Å². The number of aliphatic carboxylic acids is 1. The quantitative estimate of drug-likeness (QED) is 0.883. The van der Waals surface area contributed by atoms with Crippen LogP contribution in [0.15, 0.2) is 42.5 Å². The van der Waals surface area contributed by atoms with Gasteiger partial charge >= 0.3 is 5.97 Å². The van der Waals surface area contributed by atoms with Crippen LogP contribution < -0.4 is 5.32 Å². The molecule has 2 aromatic rings. The summed E-state index contributed by atoms with van der Waals surface area (Å²) < 4.78 is 13.8. The van der Waals surface area contributed by atoms with Gasteiger partial charge in [-0.1, -0.05) is 23.8 Å². The van der Waals surface area contributed by atoms with Crippen LogP contribution in [0.2, 0.25) is 0 Å². The molecule has 3 nitrogen and oxygen atoms in total. The van der Waals surface area contributed by atoms with Gasteiger partial charge in [-0.3, -0.25) is 4.79 Å². The van der Waals surface area contributed by atoms with E-state index >= 15 is 0 Å². The van der Waals surface area contributed by atoms with E-state index in [1.807, 2.05) is 31.2 Å². The second-order valence-corrected chi connectivity index (χ2v) is 4.38. The van der Waals surface area contributed by atoms with Crippen LogP contribution >= 0.6 is 0 Å². The molecular formula is C15H14FNO2. The first-order valence-electron chi connectivity index (χ1n) is 5.88. The summed E-state index contributed by atoms with van der Waals surface area (Å²) in [5, 5.41) is 11.6. The van der Waals surface area contributed by atoms with Crippen LogP contribution in [0.1, 0.15) is 11.1 Å². The van der Waals surface area contributed by atoms with E-state index < -0.39 is 11.8 Å². The van der Waals surface area contributed by atoms with Gasteiger partial charge in [0.15, 0.2) is 0 Å². The van der Waals surface area contributed by atoms with Crippen LogP contribution in [0.3, 0.4) is 0 Å². The minimum Gasteiger partial charge on any atom is -0.481 e. The Labute approximate surface area is 110 Å². The summed E-state index contributed by atoms with van der Waals surface area (Å²) >= 11 is 0. The molecule has 4 heteroatoms. The van der Waals surface area contributed by atoms with E-state index in [4.69, 9.17) is 5.11 Å². The van der Waals surface area contributed by atoms with Crippen molar-refractivity contribution in [3.05, 3.63) is 59.4 Å². The summed E-state index contributed by atoms with van der Waals surface area (Å²) in [6, 6.07) is 12.0. The zero-order chi connectivity index (χ0) is 13.8. The van der Waals surface area contributed by atoms with Gasteiger partial charge in [0.05, 0.1) is 12.1 Å². The van der Waals surface area contributed by atoms with Crippen molar-refractivity contribution in [2.24, 2.45) is 0 Å². The first-order valence-corrected chi connectivity index (χ1v) is 5.88. The van der Waals surface area contributed by atoms with E-state index in [1.165, 1.54) is 6.07 Å². The fraction of sp³-hybridized carbons (Fsp3) is 0.133. The summed E-state index contributed by atoms with van der Waals surface area (Å²) in [5.41, 5.74) is 2.69. The van der Waals surface area contributed by atoms with Crippen LogP contribution in [-0.2, 0) is 11.2 Å². The van der Waals surface area contributed by atoms with Crippen LogP contribution in [0.5, 0.6) is 0 Å². The number of aryl methyl sites for hydroxylation is 1. The average molecular weight is 259 g/mol. The molecule has 2 aromatic carbocycles. The molecule has 0 radical (unpaired) electrons. The van der Waals surface area contributed by atoms with Crippen molar-refractivity contribution in [3.63, 3.8) is 0 Å². The molecule has 0 bridgehead atoms. The number of rotatable bonds is 4. The Morgan fingerprint density at radius 2 is 1.89 bits per heavy atom. The molecule has 0 aliphatic rings. The average Bonchev–Trinajstić information content (AvgIpc) is 2.34. The topological polar surface area (TPSA) is 49.3 Å². The predicted octanol–water partition coefficient (Wildman–Crippen LogP) is 3.50. The predicted molar refractivity (Wildman–Crippen MR) is 72.2 cm³/mol. The molecular weight excluding hydrogens is 245 g/mol. The van der Waals surface area contributed by atoms with Crippen LogP contribution in [0.25, 0.3) is 0 Å². The molecule has 0 amide bonds. The number of carbonyl (C=O) groups is 1. The lowest BCUT2D eigenvalue weighted by Gasteiger charge is -2.09. The van der Waals surface area contributed by atoms with E-state index in [9.17, 15) is 9.18 Å². The zero-order valence-corrected chi connectivity index (χ0v) is 10.5. The summed E-state index contributed by atoms with van der Waals surface area (Å²) in [6.45, 7) is 1.98. The maximum atomic E-state index is 13.8. The zero-order valence-electron chi connectivity index (χ0n) is 10.5. The van der Waals surface area contributed by atoms with Gasteiger partial charge in [0.25, 0.3) is 0 Å². The lowest BCUT2D eigenvalue weighted by Crippen LogP contribution is -2.01. The lowest BCUT2D eigenvalue weighted by molar-refractivity contribution is -0.136. The molecule has 0 unspecified atom stereocenters. The molecule has 0 heterocycles. The van der Waals surface area contributed by atoms with E-state index in [0.29, 0.717) is 11.3 Å². The highest BCUT2D eigenvalue weighted by molar-refractivity contribution is 5.71. The number of carboxylic acids is 1. The largest absolute Gasteiger partial charge is 0.481 e. The molecule has 2 N–H and O–H groups in total. The van der Waals surface area contributed by atoms with Gasteiger partial charge < -0.3 is 10.4 Å². The molecule has 0 aliphatic heterocycles. The molecule has 0 atom stereocenters. The number of hydrogen-bond acceptors (Lipinski definition) is 2. The first-order chi connectivity index (χ1) is 9.04. The van der Waals surface area contributed by atoms with Crippen molar-refractivity contribution in [1.82, 2.24) is 0 Å². The van der Waals surface area contributed by atoms with Gasteiger partial charge in [-0.2, -0.15) is 0 Å². The summed E-state index contributed by atoms with van der Waals surface area (Å²) in [5.74, 6) is -1.43. The number of halogens is 1. The molecule has 2 rings (SSSR count). The van der Waals surface area contributed by atoms with E-state index in [-0.39, 0.29) is 6.42 Å². The highest BCUT2D eigenvalue weighted by Gasteiger charge is 2.06. The Kier molecular flexibility index (Phi) is 3.80. The van der Waals surface area contributed by atoms with Gasteiger partial charge in [0, 0.05) is 5.69 Å². The molecule has 0 spiro atoms. The molecule has 98 valence electrons. The van der Waals surface area contributed by atoms with Crippen molar-refractivity contribution >= 4 is 17.3 Å². The van der Waals surface area contributed by atoms with Crippen molar-refractivity contribution in [1.29, 1.82) is 0 Å². The number of nitrogens with one attached hydrogen (secondary N) is 1. The number of carboxylic acid groups (broad SMARTS) is 1. The summed E-state index contributed by atoms with van der Waals surface area (Å²) in [6.07, 6.45) is -0.179. The molecule has 0 aliphatic carbocycles. The van der Waals surface area contributed by atoms with Crippen molar-refractivity contribution < 1.29 is 14.3 Å². The lowest BCUT2D eigenvalue weighted by atomic mass is 10.1. The summed E-state index contributed by atoms with van der Waals surface area (Å²) in [4.78, 5) is 10.5. The molecule has 0 saturated carbocycles. The van der Waals surface area contributed by atoms with Crippen molar-refractivity contribution in [3.8, 4) is 0 Å². The Morgan fingerprint density at radius 3 is 2.47 bits per heavy atom. The fourth-order valence-electron chi connectivity index (χ4n) is 1.74. The van der Waals surface area contributed by atoms with Gasteiger partial charge in [-0.05, 0) is 36.8 Å². The molecule has 19 heavy (non-hydrogen) atoms. The van der Waals surface area contributed by atoms with Crippen LogP contribution in [0.4, 0.5) is 15.8 Å².